The second-order valence-electron chi connectivity index (χ2n) is 11.1. The molecule has 7 atom stereocenters. The molecule has 3 heterocycles. The van der Waals surface area contributed by atoms with Crippen molar-refractivity contribution in [2.45, 2.75) is 89.6 Å². The summed E-state index contributed by atoms with van der Waals surface area (Å²) in [5.41, 5.74) is -1.89. The van der Waals surface area contributed by atoms with E-state index >= 15 is 0 Å². The van der Waals surface area contributed by atoms with Crippen molar-refractivity contribution in [2.24, 2.45) is 17.8 Å². The minimum atomic E-state index is -1.10. The molecular formula is C28H45N3O5. The lowest BCUT2D eigenvalue weighted by molar-refractivity contribution is -0.159. The lowest BCUT2D eigenvalue weighted by atomic mass is 9.64. The highest BCUT2D eigenvalue weighted by molar-refractivity contribution is 5.99. The molecule has 0 aromatic carbocycles. The van der Waals surface area contributed by atoms with Crippen molar-refractivity contribution in [1.29, 1.82) is 0 Å². The maximum absolute atomic E-state index is 14.4. The number of hydrogen-bond donors (Lipinski definition) is 1. The van der Waals surface area contributed by atoms with Crippen molar-refractivity contribution in [3.8, 4) is 0 Å². The number of aliphatic hydroxyl groups is 1. The molecule has 8 heteroatoms. The van der Waals surface area contributed by atoms with Gasteiger partial charge in [-0.1, -0.05) is 39.3 Å². The normalized spacial score (nSPS) is 32.4. The number of ether oxygens (including phenoxy) is 1. The van der Waals surface area contributed by atoms with Gasteiger partial charge in [0, 0.05) is 26.2 Å². The van der Waals surface area contributed by atoms with E-state index in [2.05, 4.69) is 13.2 Å². The highest BCUT2D eigenvalue weighted by atomic mass is 16.5. The van der Waals surface area contributed by atoms with Gasteiger partial charge in [0.1, 0.15) is 11.6 Å². The smallest absolute Gasteiger partial charge is 0.248 e. The van der Waals surface area contributed by atoms with Crippen molar-refractivity contribution in [2.75, 3.05) is 26.7 Å². The van der Waals surface area contributed by atoms with E-state index in [9.17, 15) is 19.5 Å². The summed E-state index contributed by atoms with van der Waals surface area (Å²) in [6.07, 6.45) is 5.79. The number of nitrogens with zero attached hydrogens (tertiary/aromatic N) is 3. The molecule has 3 rings (SSSR count). The zero-order valence-corrected chi connectivity index (χ0v) is 22.9. The monoisotopic (exact) mass is 503 g/mol. The molecule has 3 fully saturated rings. The fourth-order valence-corrected chi connectivity index (χ4v) is 6.85. The highest BCUT2D eigenvalue weighted by Crippen LogP contribution is 2.65. The summed E-state index contributed by atoms with van der Waals surface area (Å²) in [5, 5.41) is 10.5. The molecule has 0 saturated carbocycles. The molecule has 8 nitrogen and oxygen atoms in total. The molecule has 0 aliphatic carbocycles. The van der Waals surface area contributed by atoms with Crippen LogP contribution in [0.4, 0.5) is 0 Å². The minimum Gasteiger partial charge on any atom is -0.394 e. The molecule has 202 valence electrons. The summed E-state index contributed by atoms with van der Waals surface area (Å²) in [4.78, 5) is 47.4. The van der Waals surface area contributed by atoms with Crippen LogP contribution in [0.1, 0.15) is 60.3 Å². The van der Waals surface area contributed by atoms with E-state index in [0.717, 1.165) is 6.42 Å². The first kappa shape index (κ1) is 28.4. The summed E-state index contributed by atoms with van der Waals surface area (Å²) in [6, 6.07) is -1.57. The Morgan fingerprint density at radius 3 is 2.31 bits per heavy atom. The fourth-order valence-electron chi connectivity index (χ4n) is 6.85. The Morgan fingerprint density at radius 1 is 1.17 bits per heavy atom. The number of carbonyl (C=O) groups excluding carboxylic acids is 3. The van der Waals surface area contributed by atoms with Crippen molar-refractivity contribution in [3.05, 3.63) is 25.3 Å². The van der Waals surface area contributed by atoms with E-state index in [-0.39, 0.29) is 36.3 Å². The Hall–Kier alpha value is -2.19. The fraction of sp³-hybridized carbons (Fsp3) is 0.750. The van der Waals surface area contributed by atoms with Crippen LogP contribution in [0.5, 0.6) is 0 Å². The van der Waals surface area contributed by atoms with E-state index in [4.69, 9.17) is 4.74 Å². The summed E-state index contributed by atoms with van der Waals surface area (Å²) in [5.74, 6) is -2.10. The summed E-state index contributed by atoms with van der Waals surface area (Å²) in [6.45, 7) is 17.9. The van der Waals surface area contributed by atoms with Gasteiger partial charge in [-0.3, -0.25) is 14.4 Å². The van der Waals surface area contributed by atoms with Gasteiger partial charge in [-0.05, 0) is 39.0 Å². The summed E-state index contributed by atoms with van der Waals surface area (Å²) >= 11 is 0. The third-order valence-electron chi connectivity index (χ3n) is 8.98. The van der Waals surface area contributed by atoms with Gasteiger partial charge >= 0.3 is 0 Å². The number of carbonyl (C=O) groups is 3. The van der Waals surface area contributed by atoms with Gasteiger partial charge < -0.3 is 24.5 Å². The van der Waals surface area contributed by atoms with E-state index in [1.54, 1.807) is 33.9 Å². The van der Waals surface area contributed by atoms with Crippen LogP contribution in [0.25, 0.3) is 0 Å². The molecule has 0 aromatic rings. The molecule has 3 saturated heterocycles. The molecule has 3 aliphatic heterocycles. The number of likely N-dealkylation sites (tertiary alicyclic amines) is 1. The van der Waals surface area contributed by atoms with Gasteiger partial charge in [0.2, 0.25) is 17.7 Å². The van der Waals surface area contributed by atoms with E-state index in [1.807, 2.05) is 34.6 Å². The molecule has 2 unspecified atom stereocenters. The molecule has 3 amide bonds. The molecule has 0 radical (unpaired) electrons. The first-order chi connectivity index (χ1) is 17.0. The standard InChI is InChI=1S/C28H45N3O5/c1-9-15-29(8)24(33)21-22-25(34)31(20(17-32)19(7)11-3)23(26(35)30(16-10-2)18(5)6)28(22)14-13-27(21,12-4)36-28/h9-10,18-23,32H,1-2,11-17H2,3-8H3/t19-,20-,21-,22-,23?,27+,28?/m0/s1. The molecule has 0 aromatic heterocycles. The highest BCUT2D eigenvalue weighted by Gasteiger charge is 2.79. The van der Waals surface area contributed by atoms with E-state index in [1.165, 1.54) is 0 Å². The second kappa shape index (κ2) is 10.7. The first-order valence-corrected chi connectivity index (χ1v) is 13.4. The molecule has 36 heavy (non-hydrogen) atoms. The maximum Gasteiger partial charge on any atom is 0.248 e. The number of fused-ring (bicyclic) bond motifs is 1. The number of hydrogen-bond acceptors (Lipinski definition) is 5. The van der Waals surface area contributed by atoms with Gasteiger partial charge in [-0.15, -0.1) is 13.2 Å². The molecule has 3 aliphatic rings. The van der Waals surface area contributed by atoms with Crippen LogP contribution in [0.15, 0.2) is 25.3 Å². The third-order valence-corrected chi connectivity index (χ3v) is 8.98. The Morgan fingerprint density at radius 2 is 1.81 bits per heavy atom. The Balaban J connectivity index is 2.21. The largest absolute Gasteiger partial charge is 0.394 e. The van der Waals surface area contributed by atoms with E-state index < -0.39 is 35.1 Å². The summed E-state index contributed by atoms with van der Waals surface area (Å²) < 4.78 is 6.84. The summed E-state index contributed by atoms with van der Waals surface area (Å²) in [7, 11) is 1.71. The quantitative estimate of drug-likeness (QED) is 0.414. The first-order valence-electron chi connectivity index (χ1n) is 13.4. The van der Waals surface area contributed by atoms with Crippen molar-refractivity contribution in [3.63, 3.8) is 0 Å². The Bertz CT molecular complexity index is 890. The predicted molar refractivity (Wildman–Crippen MR) is 139 cm³/mol. The van der Waals surface area contributed by atoms with Crippen molar-refractivity contribution >= 4 is 17.7 Å². The number of likely N-dealkylation sites (N-methyl/N-ethyl adjacent to an activating group) is 1. The van der Waals surface area contributed by atoms with Gasteiger partial charge in [0.25, 0.3) is 0 Å². The van der Waals surface area contributed by atoms with Crippen molar-refractivity contribution in [1.82, 2.24) is 14.7 Å². The molecule has 2 bridgehead atoms. The average molecular weight is 504 g/mol. The number of aliphatic hydroxyl groups excluding tert-OH is 1. The molecular weight excluding hydrogens is 458 g/mol. The SMILES string of the molecule is C=CCN(C)C(=O)[C@@H]1[C@H]2C(=O)N([C@@H](CO)[C@@H](C)CC)C(C(=O)N(CC=C)C(C)C)C23CC[C@@]1(CC)O3. The molecule has 1 spiro atoms. The van der Waals surface area contributed by atoms with Crippen molar-refractivity contribution < 1.29 is 24.2 Å². The Labute approximate surface area is 216 Å². The predicted octanol–water partition coefficient (Wildman–Crippen LogP) is 2.62. The number of rotatable bonds is 12. The van der Waals surface area contributed by atoms with Crippen LogP contribution in [0, 0.1) is 17.8 Å². The average Bonchev–Trinajstić information content (AvgIpc) is 3.46. The van der Waals surface area contributed by atoms with Crippen LogP contribution in [-0.4, -0.2) is 93.6 Å². The molecule has 1 N–H and O–H groups in total. The Kier molecular flexibility index (Phi) is 8.40. The second-order valence-corrected chi connectivity index (χ2v) is 11.1. The maximum atomic E-state index is 14.4. The number of amides is 3. The minimum absolute atomic E-state index is 0.0358. The van der Waals surface area contributed by atoms with Gasteiger partial charge in [-0.2, -0.15) is 0 Å². The van der Waals surface area contributed by atoms with Crippen LogP contribution in [0.2, 0.25) is 0 Å². The lowest BCUT2D eigenvalue weighted by Gasteiger charge is -2.42. The topological polar surface area (TPSA) is 90.4 Å². The van der Waals surface area contributed by atoms with Crippen LogP contribution < -0.4 is 0 Å². The third kappa shape index (κ3) is 4.10. The van der Waals surface area contributed by atoms with Gasteiger partial charge in [0.15, 0.2) is 0 Å². The lowest BCUT2D eigenvalue weighted by Crippen LogP contribution is -2.60. The van der Waals surface area contributed by atoms with Gasteiger partial charge in [0.05, 0.1) is 30.1 Å². The zero-order valence-electron chi connectivity index (χ0n) is 22.9. The van der Waals surface area contributed by atoms with Gasteiger partial charge in [-0.25, -0.2) is 0 Å². The van der Waals surface area contributed by atoms with Crippen LogP contribution in [0.3, 0.4) is 0 Å². The van der Waals surface area contributed by atoms with Crippen LogP contribution in [-0.2, 0) is 19.1 Å². The van der Waals surface area contributed by atoms with E-state index in [0.29, 0.717) is 32.4 Å². The van der Waals surface area contributed by atoms with Crippen LogP contribution >= 0.6 is 0 Å². The zero-order chi connectivity index (χ0) is 27.0.